The number of aliphatic hydroxyl groups excluding tert-OH is 1. The van der Waals surface area contributed by atoms with Crippen LogP contribution in [0.3, 0.4) is 0 Å². The van der Waals surface area contributed by atoms with Gasteiger partial charge in [-0.25, -0.2) is 9.18 Å². The summed E-state index contributed by atoms with van der Waals surface area (Å²) in [4.78, 5) is 10.8. The Labute approximate surface area is 112 Å². The molecule has 0 aromatic heterocycles. The van der Waals surface area contributed by atoms with Gasteiger partial charge in [0, 0.05) is 24.8 Å². The molecule has 0 aliphatic heterocycles. The van der Waals surface area contributed by atoms with E-state index in [0.29, 0.717) is 17.9 Å². The van der Waals surface area contributed by atoms with Gasteiger partial charge in [-0.2, -0.15) is 0 Å². The molecular formula is C14H20FNO3. The first kappa shape index (κ1) is 15.6. The normalized spacial score (nSPS) is 12.7. The van der Waals surface area contributed by atoms with Crippen molar-refractivity contribution in [1.82, 2.24) is 5.32 Å². The van der Waals surface area contributed by atoms with Crippen molar-refractivity contribution in [3.63, 3.8) is 0 Å². The number of hydrogen-bond acceptors (Lipinski definition) is 3. The molecule has 0 amide bonds. The molecule has 3 N–H and O–H groups in total. The summed E-state index contributed by atoms with van der Waals surface area (Å²) in [6, 6.07) is 3.81. The lowest BCUT2D eigenvalue weighted by Gasteiger charge is -2.21. The molecule has 1 aromatic carbocycles. The molecule has 0 radical (unpaired) electrons. The predicted octanol–water partition coefficient (Wildman–Crippen LogP) is 2.02. The molecule has 0 saturated heterocycles. The first-order chi connectivity index (χ1) is 8.95. The zero-order valence-electron chi connectivity index (χ0n) is 11.2. The number of carboxylic acids is 1. The maximum absolute atomic E-state index is 13.6. The smallest absolute Gasteiger partial charge is 0.335 e. The topological polar surface area (TPSA) is 69.6 Å². The molecular weight excluding hydrogens is 249 g/mol. The predicted molar refractivity (Wildman–Crippen MR) is 70.5 cm³/mol. The Balaban J connectivity index is 2.75. The van der Waals surface area contributed by atoms with Crippen LogP contribution in [0.25, 0.3) is 0 Å². The highest BCUT2D eigenvalue weighted by atomic mass is 19.1. The number of nitrogens with one attached hydrogen (secondary N) is 1. The lowest BCUT2D eigenvalue weighted by atomic mass is 10.0. The second-order valence-electron chi connectivity index (χ2n) is 4.86. The second kappa shape index (κ2) is 7.21. The monoisotopic (exact) mass is 269 g/mol. The van der Waals surface area contributed by atoms with Gasteiger partial charge in [0.25, 0.3) is 0 Å². The summed E-state index contributed by atoms with van der Waals surface area (Å²) >= 11 is 0. The van der Waals surface area contributed by atoms with Crippen molar-refractivity contribution in [1.29, 1.82) is 0 Å². The van der Waals surface area contributed by atoms with Crippen molar-refractivity contribution in [2.24, 2.45) is 5.92 Å². The standard InChI is InChI=1S/C14H20FNO3/c1-9(2)13(5-6-17)16-8-11-7-10(14(18)19)3-4-12(11)15/h3-4,7,9,13,16-17H,5-6,8H2,1-2H3,(H,18,19). The van der Waals surface area contributed by atoms with E-state index in [4.69, 9.17) is 10.2 Å². The van der Waals surface area contributed by atoms with Gasteiger partial charge < -0.3 is 15.5 Å². The first-order valence-electron chi connectivity index (χ1n) is 6.31. The highest BCUT2D eigenvalue weighted by molar-refractivity contribution is 5.87. The van der Waals surface area contributed by atoms with Gasteiger partial charge in [0.05, 0.1) is 5.56 Å². The quantitative estimate of drug-likeness (QED) is 0.708. The molecule has 0 aliphatic rings. The maximum Gasteiger partial charge on any atom is 0.335 e. The van der Waals surface area contributed by atoms with E-state index < -0.39 is 11.8 Å². The maximum atomic E-state index is 13.6. The minimum atomic E-state index is -1.07. The number of carbonyl (C=O) groups is 1. The van der Waals surface area contributed by atoms with Crippen LogP contribution in [0.1, 0.15) is 36.2 Å². The zero-order chi connectivity index (χ0) is 14.4. The third kappa shape index (κ3) is 4.61. The molecule has 1 aromatic rings. The molecule has 1 unspecified atom stereocenters. The van der Waals surface area contributed by atoms with E-state index in [2.05, 4.69) is 5.32 Å². The summed E-state index contributed by atoms with van der Waals surface area (Å²) in [6.45, 7) is 4.33. The van der Waals surface area contributed by atoms with Crippen LogP contribution in [0.15, 0.2) is 18.2 Å². The molecule has 0 spiro atoms. The number of rotatable bonds is 7. The number of hydrogen-bond donors (Lipinski definition) is 3. The summed E-state index contributed by atoms with van der Waals surface area (Å²) in [5, 5.41) is 21.0. The third-order valence-electron chi connectivity index (χ3n) is 3.09. The molecule has 19 heavy (non-hydrogen) atoms. The van der Waals surface area contributed by atoms with Crippen LogP contribution in [0.5, 0.6) is 0 Å². The summed E-state index contributed by atoms with van der Waals surface area (Å²) in [5.41, 5.74) is 0.393. The average molecular weight is 269 g/mol. The minimum absolute atomic E-state index is 0.0630. The SMILES string of the molecule is CC(C)C(CCO)NCc1cc(C(=O)O)ccc1F. The summed E-state index contributed by atoms with van der Waals surface area (Å²) in [5.74, 6) is -1.20. The minimum Gasteiger partial charge on any atom is -0.478 e. The second-order valence-corrected chi connectivity index (χ2v) is 4.86. The Kier molecular flexibility index (Phi) is 5.92. The summed E-state index contributed by atoms with van der Waals surface area (Å²) in [7, 11) is 0. The van der Waals surface area contributed by atoms with Crippen molar-refractivity contribution in [3.05, 3.63) is 35.1 Å². The van der Waals surface area contributed by atoms with Crippen LogP contribution >= 0.6 is 0 Å². The number of aliphatic hydroxyl groups is 1. The highest BCUT2D eigenvalue weighted by Crippen LogP contribution is 2.13. The van der Waals surface area contributed by atoms with Gasteiger partial charge in [-0.15, -0.1) is 0 Å². The molecule has 106 valence electrons. The van der Waals surface area contributed by atoms with E-state index in [1.165, 1.54) is 12.1 Å². The fraction of sp³-hybridized carbons (Fsp3) is 0.500. The first-order valence-corrected chi connectivity index (χ1v) is 6.31. The Bertz CT molecular complexity index is 435. The van der Waals surface area contributed by atoms with Crippen LogP contribution in [-0.4, -0.2) is 28.8 Å². The fourth-order valence-corrected chi connectivity index (χ4v) is 1.89. The number of benzene rings is 1. The molecule has 5 heteroatoms. The molecule has 0 bridgehead atoms. The van der Waals surface area contributed by atoms with Gasteiger partial charge in [-0.1, -0.05) is 13.8 Å². The van der Waals surface area contributed by atoms with Crippen molar-refractivity contribution >= 4 is 5.97 Å². The largest absolute Gasteiger partial charge is 0.478 e. The van der Waals surface area contributed by atoms with E-state index in [9.17, 15) is 9.18 Å². The summed E-state index contributed by atoms with van der Waals surface area (Å²) in [6.07, 6.45) is 0.581. The molecule has 1 atom stereocenters. The Morgan fingerprint density at radius 3 is 2.63 bits per heavy atom. The fourth-order valence-electron chi connectivity index (χ4n) is 1.89. The molecule has 0 fully saturated rings. The number of halogens is 1. The lowest BCUT2D eigenvalue weighted by Crippen LogP contribution is -2.34. The molecule has 4 nitrogen and oxygen atoms in total. The van der Waals surface area contributed by atoms with Crippen LogP contribution in [0, 0.1) is 11.7 Å². The zero-order valence-corrected chi connectivity index (χ0v) is 11.2. The molecule has 0 heterocycles. The average Bonchev–Trinajstić information content (AvgIpc) is 2.35. The van der Waals surface area contributed by atoms with E-state index in [0.717, 1.165) is 6.07 Å². The van der Waals surface area contributed by atoms with Crippen LogP contribution in [0.2, 0.25) is 0 Å². The highest BCUT2D eigenvalue weighted by Gasteiger charge is 2.14. The molecule has 1 rings (SSSR count). The number of carboxylic acid groups (broad SMARTS) is 1. The molecule has 0 aliphatic carbocycles. The van der Waals surface area contributed by atoms with Crippen LogP contribution < -0.4 is 5.32 Å². The van der Waals surface area contributed by atoms with Crippen molar-refractivity contribution in [3.8, 4) is 0 Å². The van der Waals surface area contributed by atoms with Gasteiger partial charge in [-0.05, 0) is 30.5 Å². The third-order valence-corrected chi connectivity index (χ3v) is 3.09. The van der Waals surface area contributed by atoms with E-state index in [1.54, 1.807) is 0 Å². The van der Waals surface area contributed by atoms with Gasteiger partial charge in [0.15, 0.2) is 0 Å². The van der Waals surface area contributed by atoms with Gasteiger partial charge in [0.2, 0.25) is 0 Å². The number of aromatic carboxylic acids is 1. The Morgan fingerprint density at radius 2 is 2.11 bits per heavy atom. The Hall–Kier alpha value is -1.46. The van der Waals surface area contributed by atoms with Crippen LogP contribution in [0.4, 0.5) is 4.39 Å². The lowest BCUT2D eigenvalue weighted by molar-refractivity contribution is 0.0696. The van der Waals surface area contributed by atoms with Crippen LogP contribution in [-0.2, 0) is 6.54 Å². The molecule has 0 saturated carbocycles. The van der Waals surface area contributed by atoms with Gasteiger partial charge in [0.1, 0.15) is 5.82 Å². The van der Waals surface area contributed by atoms with E-state index in [-0.39, 0.29) is 24.8 Å². The summed E-state index contributed by atoms with van der Waals surface area (Å²) < 4.78 is 13.6. The van der Waals surface area contributed by atoms with Crippen molar-refractivity contribution in [2.45, 2.75) is 32.9 Å². The van der Waals surface area contributed by atoms with E-state index in [1.807, 2.05) is 13.8 Å². The van der Waals surface area contributed by atoms with Crippen molar-refractivity contribution in [2.75, 3.05) is 6.61 Å². The Morgan fingerprint density at radius 1 is 1.42 bits per heavy atom. The van der Waals surface area contributed by atoms with E-state index >= 15 is 0 Å². The van der Waals surface area contributed by atoms with Gasteiger partial charge >= 0.3 is 5.97 Å². The van der Waals surface area contributed by atoms with Crippen molar-refractivity contribution < 1.29 is 19.4 Å². The van der Waals surface area contributed by atoms with Gasteiger partial charge in [-0.3, -0.25) is 0 Å².